The highest BCUT2D eigenvalue weighted by Crippen LogP contribution is 2.57. The third-order valence-corrected chi connectivity index (χ3v) is 6.75. The van der Waals surface area contributed by atoms with Gasteiger partial charge in [-0.05, 0) is 74.6 Å². The molecule has 4 unspecified atom stereocenters. The Morgan fingerprint density at radius 2 is 2.23 bits per heavy atom. The van der Waals surface area contributed by atoms with Crippen LogP contribution < -0.4 is 15.4 Å². The number of rotatable bonds is 6. The van der Waals surface area contributed by atoms with Crippen LogP contribution in [0.3, 0.4) is 0 Å². The van der Waals surface area contributed by atoms with Crippen LogP contribution >= 0.6 is 12.4 Å². The number of fused-ring (bicyclic) bond motifs is 2. The number of methoxy groups -OCH3 is 1. The molecule has 1 heterocycles. The Morgan fingerprint density at radius 3 is 2.88 bits per heavy atom. The van der Waals surface area contributed by atoms with Gasteiger partial charge in [-0.2, -0.15) is 0 Å². The average Bonchev–Trinajstić information content (AvgIpc) is 3.37. The molecule has 4 rings (SSSR count). The maximum atomic E-state index is 13.3. The van der Waals surface area contributed by atoms with Crippen LogP contribution in [0, 0.1) is 17.3 Å². The number of carbonyl (C=O) groups is 1. The summed E-state index contributed by atoms with van der Waals surface area (Å²) in [6, 6.07) is 8.70. The average molecular weight is 379 g/mol. The van der Waals surface area contributed by atoms with Crippen molar-refractivity contribution < 1.29 is 9.53 Å². The highest BCUT2D eigenvalue weighted by molar-refractivity contribution is 5.85. The summed E-state index contributed by atoms with van der Waals surface area (Å²) in [4.78, 5) is 13.3. The van der Waals surface area contributed by atoms with E-state index in [9.17, 15) is 4.79 Å². The van der Waals surface area contributed by atoms with Crippen LogP contribution in [0.25, 0.3) is 0 Å². The van der Waals surface area contributed by atoms with E-state index in [1.807, 2.05) is 12.1 Å². The van der Waals surface area contributed by atoms with Crippen molar-refractivity contribution in [2.75, 3.05) is 20.2 Å². The van der Waals surface area contributed by atoms with E-state index in [-0.39, 0.29) is 23.7 Å². The lowest BCUT2D eigenvalue weighted by Gasteiger charge is -2.37. The molecular formula is C21H31ClN2O2. The predicted molar refractivity (Wildman–Crippen MR) is 106 cm³/mol. The van der Waals surface area contributed by atoms with Crippen molar-refractivity contribution >= 4 is 18.3 Å². The fraction of sp³-hybridized carbons (Fsp3) is 0.667. The van der Waals surface area contributed by atoms with Crippen LogP contribution in [0.15, 0.2) is 24.3 Å². The molecule has 1 amide bonds. The molecule has 0 aromatic heterocycles. The second-order valence-electron chi connectivity index (χ2n) is 8.27. The van der Waals surface area contributed by atoms with Gasteiger partial charge in [-0.3, -0.25) is 4.79 Å². The van der Waals surface area contributed by atoms with E-state index in [4.69, 9.17) is 4.74 Å². The van der Waals surface area contributed by atoms with Crippen molar-refractivity contribution in [2.45, 2.75) is 51.0 Å². The smallest absolute Gasteiger partial charge is 0.226 e. The Morgan fingerprint density at radius 1 is 1.35 bits per heavy atom. The third-order valence-electron chi connectivity index (χ3n) is 6.75. The molecule has 2 saturated carbocycles. The minimum atomic E-state index is -0.214. The molecule has 0 radical (unpaired) electrons. The molecule has 1 saturated heterocycles. The summed E-state index contributed by atoms with van der Waals surface area (Å²) in [6.07, 6.45) is 8.05. The zero-order chi connectivity index (χ0) is 17.3. The molecule has 26 heavy (non-hydrogen) atoms. The number of amides is 1. The molecule has 144 valence electrons. The lowest BCUT2D eigenvalue weighted by Crippen LogP contribution is -2.49. The van der Waals surface area contributed by atoms with E-state index in [1.54, 1.807) is 7.11 Å². The van der Waals surface area contributed by atoms with Crippen molar-refractivity contribution in [1.29, 1.82) is 0 Å². The number of benzene rings is 1. The van der Waals surface area contributed by atoms with Gasteiger partial charge in [0.1, 0.15) is 5.75 Å². The van der Waals surface area contributed by atoms with Crippen LogP contribution in [0.5, 0.6) is 5.75 Å². The molecule has 1 aliphatic heterocycles. The van der Waals surface area contributed by atoms with Crippen LogP contribution in [0.1, 0.15) is 44.1 Å². The van der Waals surface area contributed by atoms with E-state index in [1.165, 1.54) is 37.7 Å². The van der Waals surface area contributed by atoms with Gasteiger partial charge in [0.2, 0.25) is 5.91 Å². The van der Waals surface area contributed by atoms with Gasteiger partial charge in [-0.25, -0.2) is 0 Å². The summed E-state index contributed by atoms with van der Waals surface area (Å²) in [5, 5.41) is 6.79. The van der Waals surface area contributed by atoms with Crippen molar-refractivity contribution in [2.24, 2.45) is 17.3 Å². The largest absolute Gasteiger partial charge is 0.497 e. The van der Waals surface area contributed by atoms with Gasteiger partial charge >= 0.3 is 0 Å². The van der Waals surface area contributed by atoms with E-state index >= 15 is 0 Å². The van der Waals surface area contributed by atoms with E-state index in [0.29, 0.717) is 12.0 Å². The summed E-state index contributed by atoms with van der Waals surface area (Å²) >= 11 is 0. The summed E-state index contributed by atoms with van der Waals surface area (Å²) < 4.78 is 5.38. The second kappa shape index (κ2) is 8.18. The Bertz CT molecular complexity index is 632. The molecule has 3 aliphatic rings. The van der Waals surface area contributed by atoms with Crippen LogP contribution in [0.2, 0.25) is 0 Å². The maximum absolute atomic E-state index is 13.3. The molecule has 1 aromatic carbocycles. The third kappa shape index (κ3) is 3.72. The highest BCUT2D eigenvalue weighted by atomic mass is 35.5. The van der Waals surface area contributed by atoms with Gasteiger partial charge in [0.15, 0.2) is 0 Å². The molecule has 2 bridgehead atoms. The summed E-state index contributed by atoms with van der Waals surface area (Å²) in [5.74, 6) is 2.45. The van der Waals surface area contributed by atoms with Gasteiger partial charge in [-0.15, -0.1) is 12.4 Å². The predicted octanol–water partition coefficient (Wildman–Crippen LogP) is 3.33. The Labute approximate surface area is 162 Å². The van der Waals surface area contributed by atoms with Gasteiger partial charge < -0.3 is 15.4 Å². The SMILES string of the molecule is COc1cccc(CC2(C(=O)NCC3CCCN3)CC3CCC2C3)c1.Cl. The van der Waals surface area contributed by atoms with Crippen LogP contribution in [-0.4, -0.2) is 32.1 Å². The van der Waals surface area contributed by atoms with Crippen molar-refractivity contribution in [3.63, 3.8) is 0 Å². The quantitative estimate of drug-likeness (QED) is 0.798. The number of halogens is 1. The Hall–Kier alpha value is -1.26. The Kier molecular flexibility index (Phi) is 6.13. The first kappa shape index (κ1) is 19.5. The number of nitrogens with one attached hydrogen (secondary N) is 2. The van der Waals surface area contributed by atoms with E-state index in [0.717, 1.165) is 37.6 Å². The Balaban J connectivity index is 0.00000196. The topological polar surface area (TPSA) is 50.4 Å². The lowest BCUT2D eigenvalue weighted by molar-refractivity contribution is -0.134. The van der Waals surface area contributed by atoms with Crippen LogP contribution in [0.4, 0.5) is 0 Å². The molecule has 2 aliphatic carbocycles. The first-order valence-electron chi connectivity index (χ1n) is 9.84. The lowest BCUT2D eigenvalue weighted by atomic mass is 9.68. The number of carbonyl (C=O) groups excluding carboxylic acids is 1. The van der Waals surface area contributed by atoms with Gasteiger partial charge in [-0.1, -0.05) is 18.6 Å². The molecule has 0 spiro atoms. The summed E-state index contributed by atoms with van der Waals surface area (Å²) in [7, 11) is 1.70. The normalized spacial score (nSPS) is 32.3. The minimum absolute atomic E-state index is 0. The number of ether oxygens (including phenoxy) is 1. The number of hydrogen-bond donors (Lipinski definition) is 2. The van der Waals surface area contributed by atoms with Gasteiger partial charge in [0.25, 0.3) is 0 Å². The molecule has 4 nitrogen and oxygen atoms in total. The summed E-state index contributed by atoms with van der Waals surface area (Å²) in [6.45, 7) is 1.86. The molecule has 1 aromatic rings. The van der Waals surface area contributed by atoms with Crippen molar-refractivity contribution in [3.8, 4) is 5.75 Å². The first-order valence-corrected chi connectivity index (χ1v) is 9.84. The van der Waals surface area contributed by atoms with Gasteiger partial charge in [0, 0.05) is 12.6 Å². The minimum Gasteiger partial charge on any atom is -0.497 e. The zero-order valence-corrected chi connectivity index (χ0v) is 16.4. The molecule has 4 atom stereocenters. The van der Waals surface area contributed by atoms with Crippen molar-refractivity contribution in [3.05, 3.63) is 29.8 Å². The fourth-order valence-electron chi connectivity index (χ4n) is 5.49. The first-order chi connectivity index (χ1) is 12.2. The van der Waals surface area contributed by atoms with Crippen LogP contribution in [-0.2, 0) is 11.2 Å². The van der Waals surface area contributed by atoms with E-state index in [2.05, 4.69) is 22.8 Å². The van der Waals surface area contributed by atoms with E-state index < -0.39 is 0 Å². The zero-order valence-electron chi connectivity index (χ0n) is 15.6. The maximum Gasteiger partial charge on any atom is 0.226 e. The standard InChI is InChI=1S/C21H30N2O2.ClH/c1-25-19-6-2-4-15(11-19)12-21(13-16-7-8-17(21)10-16)20(24)23-14-18-5-3-9-22-18;/h2,4,6,11,16-18,22H,3,5,7-10,12-14H2,1H3,(H,23,24);1H. The second-order valence-corrected chi connectivity index (χ2v) is 8.27. The molecule has 5 heteroatoms. The molecular weight excluding hydrogens is 348 g/mol. The highest BCUT2D eigenvalue weighted by Gasteiger charge is 2.55. The molecule has 2 N–H and O–H groups in total. The van der Waals surface area contributed by atoms with Gasteiger partial charge in [0.05, 0.1) is 12.5 Å². The summed E-state index contributed by atoms with van der Waals surface area (Å²) in [5.41, 5.74) is 1.01. The number of hydrogen-bond acceptors (Lipinski definition) is 3. The molecule has 3 fully saturated rings. The fourth-order valence-corrected chi connectivity index (χ4v) is 5.49. The van der Waals surface area contributed by atoms with Crippen molar-refractivity contribution in [1.82, 2.24) is 10.6 Å². The monoisotopic (exact) mass is 378 g/mol.